The first kappa shape index (κ1) is 17.7. The van der Waals surface area contributed by atoms with E-state index in [4.69, 9.17) is 0 Å². The van der Waals surface area contributed by atoms with Crippen LogP contribution in [0.15, 0.2) is 0 Å². The number of hydrogen-bond acceptors (Lipinski definition) is 3. The van der Waals surface area contributed by atoms with E-state index in [2.05, 4.69) is 17.1 Å². The van der Waals surface area contributed by atoms with Crippen LogP contribution in [0.4, 0.5) is 0 Å². The number of aliphatic hydroxyl groups is 1. The summed E-state index contributed by atoms with van der Waals surface area (Å²) in [5.41, 5.74) is 0. The Morgan fingerprint density at radius 3 is 2.43 bits per heavy atom. The number of hydrogen-bond donors (Lipinski definition) is 2. The second-order valence-electron chi connectivity index (χ2n) is 8.59. The van der Waals surface area contributed by atoms with Gasteiger partial charge in [0.25, 0.3) is 0 Å². The lowest BCUT2D eigenvalue weighted by Gasteiger charge is -2.42. The molecule has 0 aromatic heterocycles. The lowest BCUT2D eigenvalue weighted by molar-refractivity contribution is 0.0919. The van der Waals surface area contributed by atoms with Gasteiger partial charge in [0.15, 0.2) is 0 Å². The highest BCUT2D eigenvalue weighted by Gasteiger charge is 2.30. The first-order valence-electron chi connectivity index (χ1n) is 10.4. The Kier molecular flexibility index (Phi) is 6.79. The van der Waals surface area contributed by atoms with Gasteiger partial charge < -0.3 is 15.3 Å². The Bertz CT molecular complexity index is 341. The molecule has 0 unspecified atom stereocenters. The van der Waals surface area contributed by atoms with Gasteiger partial charge >= 0.3 is 0 Å². The van der Waals surface area contributed by atoms with E-state index in [0.717, 1.165) is 12.0 Å². The lowest BCUT2D eigenvalue weighted by Crippen LogP contribution is -2.51. The number of nitrogens with zero attached hydrogens (tertiary/aromatic N) is 1. The maximum absolute atomic E-state index is 9.70. The van der Waals surface area contributed by atoms with Gasteiger partial charge in [0, 0.05) is 24.7 Å². The zero-order chi connectivity index (χ0) is 16.1. The summed E-state index contributed by atoms with van der Waals surface area (Å²) in [5, 5.41) is 13.6. The molecule has 0 bridgehead atoms. The summed E-state index contributed by atoms with van der Waals surface area (Å²) in [6.07, 6.45) is 14.8. The molecule has 2 saturated carbocycles. The lowest BCUT2D eigenvalue weighted by atomic mass is 9.85. The van der Waals surface area contributed by atoms with Crippen molar-refractivity contribution >= 4 is 0 Å². The van der Waals surface area contributed by atoms with E-state index in [1.54, 1.807) is 0 Å². The normalized spacial score (nSPS) is 38.3. The molecule has 3 rings (SSSR count). The van der Waals surface area contributed by atoms with Crippen molar-refractivity contribution in [3.63, 3.8) is 0 Å². The molecule has 0 amide bonds. The summed E-state index contributed by atoms with van der Waals surface area (Å²) < 4.78 is 0. The summed E-state index contributed by atoms with van der Waals surface area (Å²) in [6, 6.07) is 2.11. The maximum Gasteiger partial charge on any atom is 0.0474 e. The number of nitrogens with one attached hydrogen (secondary N) is 1. The van der Waals surface area contributed by atoms with E-state index in [1.165, 1.54) is 83.7 Å². The smallest absolute Gasteiger partial charge is 0.0474 e. The van der Waals surface area contributed by atoms with Crippen LogP contribution < -0.4 is 5.32 Å². The molecule has 0 aromatic carbocycles. The SMILES string of the molecule is C[C@@H]1CCC[C@H](N2CCC(N[C@@H]3CCCCC[C@@H]3CO)CC2)C1. The molecule has 3 fully saturated rings. The molecule has 2 N–H and O–H groups in total. The fourth-order valence-electron chi connectivity index (χ4n) is 5.29. The molecule has 1 saturated heterocycles. The molecular formula is C20H38N2O. The molecule has 0 spiro atoms. The van der Waals surface area contributed by atoms with Gasteiger partial charge in [-0.15, -0.1) is 0 Å². The van der Waals surface area contributed by atoms with Crippen molar-refractivity contribution in [2.75, 3.05) is 19.7 Å². The van der Waals surface area contributed by atoms with E-state index in [-0.39, 0.29) is 0 Å². The van der Waals surface area contributed by atoms with Gasteiger partial charge in [0.05, 0.1) is 0 Å². The predicted octanol–water partition coefficient (Wildman–Crippen LogP) is 3.56. The second-order valence-corrected chi connectivity index (χ2v) is 8.59. The van der Waals surface area contributed by atoms with E-state index in [9.17, 15) is 5.11 Å². The largest absolute Gasteiger partial charge is 0.396 e. The van der Waals surface area contributed by atoms with Gasteiger partial charge in [0.1, 0.15) is 0 Å². The Hall–Kier alpha value is -0.120. The standard InChI is InChI=1S/C20H38N2O/c1-16-6-5-8-19(14-16)22-12-10-18(11-13-22)21-20-9-4-2-3-7-17(20)15-23/h16-21,23H,2-15H2,1H3/t16-,17-,19+,20-/m1/s1. The average Bonchev–Trinajstić information content (AvgIpc) is 2.80. The minimum atomic E-state index is 0.372. The molecule has 1 heterocycles. The zero-order valence-corrected chi connectivity index (χ0v) is 15.2. The molecule has 0 aromatic rings. The van der Waals surface area contributed by atoms with Crippen LogP contribution in [0.1, 0.15) is 77.6 Å². The Morgan fingerprint density at radius 2 is 1.70 bits per heavy atom. The minimum absolute atomic E-state index is 0.372. The van der Waals surface area contributed by atoms with E-state index in [1.807, 2.05) is 0 Å². The van der Waals surface area contributed by atoms with Crippen molar-refractivity contribution in [3.05, 3.63) is 0 Å². The molecule has 3 heteroatoms. The van der Waals surface area contributed by atoms with Crippen LogP contribution in [0.3, 0.4) is 0 Å². The van der Waals surface area contributed by atoms with Crippen molar-refractivity contribution in [3.8, 4) is 0 Å². The number of rotatable bonds is 4. The van der Waals surface area contributed by atoms with Crippen molar-refractivity contribution in [2.24, 2.45) is 11.8 Å². The van der Waals surface area contributed by atoms with Gasteiger partial charge in [-0.2, -0.15) is 0 Å². The molecule has 2 aliphatic carbocycles. The molecule has 134 valence electrons. The third kappa shape index (κ3) is 4.93. The zero-order valence-electron chi connectivity index (χ0n) is 15.2. The molecular weight excluding hydrogens is 284 g/mol. The van der Waals surface area contributed by atoms with Crippen molar-refractivity contribution in [1.82, 2.24) is 10.2 Å². The summed E-state index contributed by atoms with van der Waals surface area (Å²) in [5.74, 6) is 1.43. The summed E-state index contributed by atoms with van der Waals surface area (Å²) in [7, 11) is 0. The van der Waals surface area contributed by atoms with Crippen molar-refractivity contribution < 1.29 is 5.11 Å². The van der Waals surface area contributed by atoms with Crippen LogP contribution in [-0.2, 0) is 0 Å². The van der Waals surface area contributed by atoms with Crippen LogP contribution in [0.25, 0.3) is 0 Å². The van der Waals surface area contributed by atoms with Gasteiger partial charge in [0.2, 0.25) is 0 Å². The maximum atomic E-state index is 9.70. The second kappa shape index (κ2) is 8.82. The fourth-order valence-corrected chi connectivity index (χ4v) is 5.29. The van der Waals surface area contributed by atoms with Gasteiger partial charge in [-0.3, -0.25) is 0 Å². The Balaban J connectivity index is 1.44. The minimum Gasteiger partial charge on any atom is -0.396 e. The van der Waals surface area contributed by atoms with E-state index in [0.29, 0.717) is 24.6 Å². The quantitative estimate of drug-likeness (QED) is 0.777. The summed E-state index contributed by atoms with van der Waals surface area (Å²) >= 11 is 0. The van der Waals surface area contributed by atoms with E-state index >= 15 is 0 Å². The van der Waals surface area contributed by atoms with Gasteiger partial charge in [-0.1, -0.05) is 39.0 Å². The highest BCUT2D eigenvalue weighted by Crippen LogP contribution is 2.30. The van der Waals surface area contributed by atoms with Crippen LogP contribution in [0.2, 0.25) is 0 Å². The van der Waals surface area contributed by atoms with Crippen molar-refractivity contribution in [1.29, 1.82) is 0 Å². The topological polar surface area (TPSA) is 35.5 Å². The number of aliphatic hydroxyl groups excluding tert-OH is 1. The summed E-state index contributed by atoms with van der Waals surface area (Å²) in [4.78, 5) is 2.78. The van der Waals surface area contributed by atoms with Gasteiger partial charge in [-0.25, -0.2) is 0 Å². The highest BCUT2D eigenvalue weighted by molar-refractivity contribution is 4.88. The third-order valence-electron chi connectivity index (χ3n) is 6.80. The van der Waals surface area contributed by atoms with Crippen LogP contribution in [0, 0.1) is 11.8 Å². The third-order valence-corrected chi connectivity index (χ3v) is 6.80. The first-order valence-corrected chi connectivity index (χ1v) is 10.4. The molecule has 3 nitrogen and oxygen atoms in total. The molecule has 3 aliphatic rings. The monoisotopic (exact) mass is 322 g/mol. The average molecular weight is 323 g/mol. The fraction of sp³-hybridized carbons (Fsp3) is 1.00. The summed E-state index contributed by atoms with van der Waals surface area (Å²) in [6.45, 7) is 5.37. The number of piperidine rings is 1. The molecule has 23 heavy (non-hydrogen) atoms. The van der Waals surface area contributed by atoms with Crippen LogP contribution in [0.5, 0.6) is 0 Å². The Morgan fingerprint density at radius 1 is 0.913 bits per heavy atom. The van der Waals surface area contributed by atoms with Gasteiger partial charge in [-0.05, 0) is 63.5 Å². The first-order chi connectivity index (χ1) is 11.3. The van der Waals surface area contributed by atoms with Crippen LogP contribution >= 0.6 is 0 Å². The Labute approximate surface area is 143 Å². The highest BCUT2D eigenvalue weighted by atomic mass is 16.3. The predicted molar refractivity (Wildman–Crippen MR) is 96.6 cm³/mol. The number of likely N-dealkylation sites (tertiary alicyclic amines) is 1. The molecule has 4 atom stereocenters. The van der Waals surface area contributed by atoms with Crippen LogP contribution in [-0.4, -0.2) is 47.8 Å². The van der Waals surface area contributed by atoms with E-state index < -0.39 is 0 Å². The van der Waals surface area contributed by atoms with Crippen molar-refractivity contribution in [2.45, 2.75) is 95.7 Å². The molecule has 0 radical (unpaired) electrons. The molecule has 1 aliphatic heterocycles.